The Morgan fingerprint density at radius 3 is 2.48 bits per heavy atom. The number of nitrogens with one attached hydrogen (secondary N) is 2. The molecule has 3 saturated carbocycles. The van der Waals surface area contributed by atoms with Crippen LogP contribution in [0.2, 0.25) is 5.82 Å². The molecule has 244 valence electrons. The molecule has 5 rings (SSSR count). The summed E-state index contributed by atoms with van der Waals surface area (Å²) in [7, 11) is 0.437. The Labute approximate surface area is 266 Å². The van der Waals surface area contributed by atoms with Gasteiger partial charge in [-0.15, -0.1) is 21.8 Å². The van der Waals surface area contributed by atoms with Crippen LogP contribution in [-0.4, -0.2) is 81.1 Å². The molecular weight excluding hydrogens is 583 g/mol. The van der Waals surface area contributed by atoms with E-state index in [2.05, 4.69) is 25.4 Å². The molecule has 1 aliphatic heterocycles. The SMILES string of the molecule is COC1CCC2C(C1)C(C1CCC(Cl)CC1)=N[C@@H](CC(=O)NCCCCNC(=O)C1CCCC(B(O)O)C1)c1nnc(C)n12. The highest BCUT2D eigenvalue weighted by molar-refractivity contribution is 6.43. The van der Waals surface area contributed by atoms with Crippen LogP contribution in [0.3, 0.4) is 0 Å². The molecule has 3 aliphatic carbocycles. The van der Waals surface area contributed by atoms with E-state index in [1.807, 2.05) is 6.92 Å². The molecule has 2 amide bonds. The standard InChI is InChI=1S/C31H50BClN6O5/c1-19-37-38-30-26(18-28(40)34-14-3-4-15-35-31(41)21-6-5-7-22(16-21)32(42)43)36-29(20-8-10-23(33)11-9-20)25-17-24(44-2)12-13-27(25)39(19)30/h20-27,42-43H,3-18H2,1-2H3,(H,34,40)(H,35,41)/t20?,21?,22?,23?,24?,25?,26-,27?/m0/s1. The molecule has 0 radical (unpaired) electrons. The van der Waals surface area contributed by atoms with Crippen LogP contribution in [0.5, 0.6) is 0 Å². The number of alkyl halides is 1. The van der Waals surface area contributed by atoms with Gasteiger partial charge in [0.25, 0.3) is 0 Å². The van der Waals surface area contributed by atoms with Crippen LogP contribution in [0.25, 0.3) is 0 Å². The first-order chi connectivity index (χ1) is 21.2. The van der Waals surface area contributed by atoms with Gasteiger partial charge < -0.3 is 30.0 Å². The van der Waals surface area contributed by atoms with Gasteiger partial charge in [0.1, 0.15) is 11.9 Å². The van der Waals surface area contributed by atoms with Crippen LogP contribution in [0.1, 0.15) is 114 Å². The van der Waals surface area contributed by atoms with Crippen LogP contribution in [0.15, 0.2) is 4.99 Å². The molecule has 0 aromatic carbocycles. The number of ether oxygens (including phenoxy) is 1. The van der Waals surface area contributed by atoms with E-state index in [0.717, 1.165) is 88.7 Å². The lowest BCUT2D eigenvalue weighted by Crippen LogP contribution is -2.39. The van der Waals surface area contributed by atoms with E-state index in [4.69, 9.17) is 21.3 Å². The van der Waals surface area contributed by atoms with Crippen LogP contribution in [0.4, 0.5) is 0 Å². The minimum atomic E-state index is -1.36. The first kappa shape index (κ1) is 33.4. The molecule has 0 bridgehead atoms. The number of carbonyl (C=O) groups excluding carboxylic acids is 2. The number of amides is 2. The van der Waals surface area contributed by atoms with Crippen molar-refractivity contribution >= 4 is 36.2 Å². The van der Waals surface area contributed by atoms with E-state index >= 15 is 0 Å². The molecule has 2 heterocycles. The number of aryl methyl sites for hydroxylation is 1. The summed E-state index contributed by atoms with van der Waals surface area (Å²) < 4.78 is 8.09. The number of hydrogen-bond donors (Lipinski definition) is 4. The number of unbranched alkanes of at least 4 members (excludes halogenated alkanes) is 1. The molecule has 4 N–H and O–H groups in total. The maximum absolute atomic E-state index is 13.2. The Kier molecular flexibility index (Phi) is 11.8. The third kappa shape index (κ3) is 8.03. The zero-order chi connectivity index (χ0) is 31.2. The van der Waals surface area contributed by atoms with Crippen LogP contribution >= 0.6 is 11.6 Å². The molecule has 6 atom stereocenters. The Morgan fingerprint density at radius 1 is 1.00 bits per heavy atom. The van der Waals surface area contributed by atoms with Gasteiger partial charge in [-0.1, -0.05) is 12.8 Å². The van der Waals surface area contributed by atoms with E-state index < -0.39 is 7.12 Å². The summed E-state index contributed by atoms with van der Waals surface area (Å²) in [4.78, 5) is 31.2. The molecule has 5 unspecified atom stereocenters. The van der Waals surface area contributed by atoms with Gasteiger partial charge in [0.05, 0.1) is 12.5 Å². The van der Waals surface area contributed by atoms with Crippen LogP contribution in [-0.2, 0) is 14.3 Å². The lowest BCUT2D eigenvalue weighted by Gasteiger charge is -2.39. The minimum absolute atomic E-state index is 0.0160. The maximum atomic E-state index is 13.2. The monoisotopic (exact) mass is 632 g/mol. The number of rotatable bonds is 11. The summed E-state index contributed by atoms with van der Waals surface area (Å²) in [5, 5.41) is 34.2. The Morgan fingerprint density at radius 2 is 1.75 bits per heavy atom. The summed E-state index contributed by atoms with van der Waals surface area (Å²) in [5.74, 6) is 1.78. The molecule has 13 heteroatoms. The third-order valence-corrected chi connectivity index (χ3v) is 10.9. The van der Waals surface area contributed by atoms with Crippen molar-refractivity contribution in [1.82, 2.24) is 25.4 Å². The predicted molar refractivity (Wildman–Crippen MR) is 169 cm³/mol. The van der Waals surface area contributed by atoms with Crippen LogP contribution in [0, 0.1) is 24.7 Å². The number of fused-ring (bicyclic) bond motifs is 3. The first-order valence-corrected chi connectivity index (χ1v) is 17.2. The van der Waals surface area contributed by atoms with E-state index in [-0.39, 0.29) is 59.5 Å². The van der Waals surface area contributed by atoms with Crippen molar-refractivity contribution in [3.8, 4) is 0 Å². The average Bonchev–Trinajstić information content (AvgIpc) is 3.35. The largest absolute Gasteiger partial charge is 0.454 e. The second kappa shape index (κ2) is 15.5. The van der Waals surface area contributed by atoms with E-state index in [9.17, 15) is 19.6 Å². The molecule has 1 aromatic rings. The molecule has 1 aromatic heterocycles. The van der Waals surface area contributed by atoms with Gasteiger partial charge in [0, 0.05) is 49.2 Å². The molecule has 3 fully saturated rings. The quantitative estimate of drug-likeness (QED) is 0.165. The van der Waals surface area contributed by atoms with E-state index in [1.54, 1.807) is 7.11 Å². The van der Waals surface area contributed by atoms with Crippen molar-refractivity contribution in [2.75, 3.05) is 20.2 Å². The lowest BCUT2D eigenvalue weighted by atomic mass is 9.62. The Hall–Kier alpha value is -2.02. The van der Waals surface area contributed by atoms with Gasteiger partial charge in [-0.3, -0.25) is 14.6 Å². The summed E-state index contributed by atoms with van der Waals surface area (Å²) in [6.45, 7) is 3.05. The molecule has 0 saturated heterocycles. The molecular formula is C31H50BClN6O5. The number of carbonyl (C=O) groups is 2. The Bertz CT molecular complexity index is 1160. The van der Waals surface area contributed by atoms with Crippen molar-refractivity contribution in [2.45, 2.75) is 126 Å². The van der Waals surface area contributed by atoms with Crippen molar-refractivity contribution in [3.05, 3.63) is 11.6 Å². The maximum Gasteiger partial charge on any atom is 0.454 e. The number of hydrogen-bond acceptors (Lipinski definition) is 8. The number of methoxy groups -OCH3 is 1. The summed E-state index contributed by atoms with van der Waals surface area (Å²) in [6, 6.07) is -0.169. The molecule has 4 aliphatic rings. The normalized spacial score (nSPS) is 32.1. The van der Waals surface area contributed by atoms with Crippen molar-refractivity contribution in [3.63, 3.8) is 0 Å². The first-order valence-electron chi connectivity index (χ1n) is 16.8. The fourth-order valence-electron chi connectivity index (χ4n) is 8.02. The van der Waals surface area contributed by atoms with Gasteiger partial charge in [-0.25, -0.2) is 0 Å². The van der Waals surface area contributed by atoms with Gasteiger partial charge >= 0.3 is 7.12 Å². The topological polar surface area (TPSA) is 151 Å². The summed E-state index contributed by atoms with van der Waals surface area (Å²) >= 11 is 6.48. The second-order valence-corrected chi connectivity index (χ2v) is 14.0. The minimum Gasteiger partial charge on any atom is -0.427 e. The zero-order valence-electron chi connectivity index (χ0n) is 26.3. The van der Waals surface area contributed by atoms with E-state index in [0.29, 0.717) is 25.4 Å². The molecule has 44 heavy (non-hydrogen) atoms. The Balaban J connectivity index is 1.17. The smallest absolute Gasteiger partial charge is 0.427 e. The second-order valence-electron chi connectivity index (χ2n) is 13.4. The predicted octanol–water partition coefficient (Wildman–Crippen LogP) is 3.67. The van der Waals surface area contributed by atoms with E-state index in [1.165, 1.54) is 5.71 Å². The number of aliphatic imine (C=N–C) groups is 1. The highest BCUT2D eigenvalue weighted by Crippen LogP contribution is 2.45. The van der Waals surface area contributed by atoms with Gasteiger partial charge in [-0.2, -0.15) is 0 Å². The summed E-state index contributed by atoms with van der Waals surface area (Å²) in [6.07, 6.45) is 11.7. The van der Waals surface area contributed by atoms with Gasteiger partial charge in [-0.05, 0) is 89.3 Å². The number of halogens is 1. The number of aromatic nitrogens is 3. The lowest BCUT2D eigenvalue weighted by molar-refractivity contribution is -0.126. The van der Waals surface area contributed by atoms with Crippen molar-refractivity contribution in [2.24, 2.45) is 22.7 Å². The van der Waals surface area contributed by atoms with Crippen molar-refractivity contribution in [1.29, 1.82) is 0 Å². The zero-order valence-corrected chi connectivity index (χ0v) is 27.1. The van der Waals surface area contributed by atoms with Crippen LogP contribution < -0.4 is 10.6 Å². The number of nitrogens with zero attached hydrogens (tertiary/aromatic N) is 4. The fraction of sp³-hybridized carbons (Fsp3) is 0.839. The highest BCUT2D eigenvalue weighted by Gasteiger charge is 2.43. The third-order valence-electron chi connectivity index (χ3n) is 10.5. The molecule has 0 spiro atoms. The molecule has 11 nitrogen and oxygen atoms in total. The average molecular weight is 633 g/mol. The fourth-order valence-corrected chi connectivity index (χ4v) is 8.28. The summed E-state index contributed by atoms with van der Waals surface area (Å²) in [5.41, 5.74) is 1.22. The van der Waals surface area contributed by atoms with Gasteiger partial charge in [0.2, 0.25) is 11.8 Å². The van der Waals surface area contributed by atoms with Crippen molar-refractivity contribution < 1.29 is 24.4 Å². The van der Waals surface area contributed by atoms with Gasteiger partial charge in [0.15, 0.2) is 5.82 Å². The highest BCUT2D eigenvalue weighted by atomic mass is 35.5.